The number of benzene rings is 2. The van der Waals surface area contributed by atoms with E-state index in [0.29, 0.717) is 5.41 Å². The Labute approximate surface area is 174 Å². The Balaban J connectivity index is 1.95. The second-order valence-electron chi connectivity index (χ2n) is 8.12. The van der Waals surface area contributed by atoms with Crippen LogP contribution in [-0.2, 0) is 0 Å². The first kappa shape index (κ1) is 20.1. The van der Waals surface area contributed by atoms with Gasteiger partial charge in [-0.15, -0.1) is 0 Å². The lowest BCUT2D eigenvalue weighted by molar-refractivity contribution is 0.423. The Hall–Kier alpha value is -0.683. The van der Waals surface area contributed by atoms with Crippen molar-refractivity contribution in [3.63, 3.8) is 0 Å². The molecule has 0 amide bonds. The van der Waals surface area contributed by atoms with Gasteiger partial charge in [-0.2, -0.15) is 0 Å². The molecule has 0 saturated heterocycles. The molecule has 0 atom stereocenters. The molecule has 1 N–H and O–H groups in total. The number of rotatable bonds is 7. The van der Waals surface area contributed by atoms with Crippen molar-refractivity contribution >= 4 is 50.6 Å². The van der Waals surface area contributed by atoms with Gasteiger partial charge >= 0.3 is 0 Å². The summed E-state index contributed by atoms with van der Waals surface area (Å²) in [6.07, 6.45) is 6.88. The highest BCUT2D eigenvalue weighted by atomic mass is 79.9. The van der Waals surface area contributed by atoms with Gasteiger partial charge in [0.05, 0.1) is 3.39 Å². The molecule has 1 saturated carbocycles. The van der Waals surface area contributed by atoms with Gasteiger partial charge < -0.3 is 4.80 Å². The molecule has 0 spiro atoms. The van der Waals surface area contributed by atoms with E-state index >= 15 is 0 Å². The molecular formula is C22H26Br2OSi. The maximum Gasteiger partial charge on any atom is 0.258 e. The molecule has 0 aromatic heterocycles. The first-order valence-corrected chi connectivity index (χ1v) is 12.7. The molecule has 1 aliphatic rings. The minimum atomic E-state index is -2.89. The fourth-order valence-electron chi connectivity index (χ4n) is 3.91. The lowest BCUT2D eigenvalue weighted by Gasteiger charge is -2.42. The van der Waals surface area contributed by atoms with E-state index in [1.807, 2.05) is 36.4 Å². The van der Waals surface area contributed by atoms with E-state index < -0.39 is 8.32 Å². The van der Waals surface area contributed by atoms with Gasteiger partial charge in [0.25, 0.3) is 8.32 Å². The van der Waals surface area contributed by atoms with Gasteiger partial charge in [0.1, 0.15) is 0 Å². The summed E-state index contributed by atoms with van der Waals surface area (Å²) < 4.78 is 1.04. The van der Waals surface area contributed by atoms with Crippen molar-refractivity contribution < 1.29 is 4.80 Å². The van der Waals surface area contributed by atoms with Gasteiger partial charge in [-0.3, -0.25) is 0 Å². The largest absolute Gasteiger partial charge is 0.424 e. The molecule has 3 rings (SSSR count). The first-order chi connectivity index (χ1) is 12.3. The van der Waals surface area contributed by atoms with Crippen LogP contribution in [0.2, 0.25) is 5.04 Å². The Bertz CT molecular complexity index is 724. The van der Waals surface area contributed by atoms with E-state index in [4.69, 9.17) is 0 Å². The minimum absolute atomic E-state index is 0.169. The van der Waals surface area contributed by atoms with Crippen LogP contribution in [0.15, 0.2) is 70.1 Å². The number of hydrogen-bond acceptors (Lipinski definition) is 1. The smallest absolute Gasteiger partial charge is 0.258 e. The third-order valence-electron chi connectivity index (χ3n) is 5.92. The van der Waals surface area contributed by atoms with Gasteiger partial charge in [0, 0.05) is 0 Å². The van der Waals surface area contributed by atoms with Crippen LogP contribution in [0.4, 0.5) is 0 Å². The lowest BCUT2D eigenvalue weighted by atomic mass is 9.95. The van der Waals surface area contributed by atoms with Crippen molar-refractivity contribution in [2.24, 2.45) is 5.41 Å². The Morgan fingerprint density at radius 1 is 1.00 bits per heavy atom. The van der Waals surface area contributed by atoms with Crippen molar-refractivity contribution in [2.75, 3.05) is 0 Å². The zero-order chi connectivity index (χ0) is 18.8. The molecule has 1 aliphatic carbocycles. The molecule has 1 nitrogen and oxygen atoms in total. The van der Waals surface area contributed by atoms with Crippen molar-refractivity contribution in [2.45, 2.75) is 44.6 Å². The maximum atomic E-state index is 12.2. The van der Waals surface area contributed by atoms with Crippen molar-refractivity contribution in [1.29, 1.82) is 0 Å². The molecular weight excluding hydrogens is 468 g/mol. The molecule has 4 heteroatoms. The summed E-state index contributed by atoms with van der Waals surface area (Å²) in [7, 11) is -2.89. The third-order valence-corrected chi connectivity index (χ3v) is 10.9. The van der Waals surface area contributed by atoms with Crippen LogP contribution < -0.4 is 10.4 Å². The highest BCUT2D eigenvalue weighted by molar-refractivity contribution is 9.28. The second-order valence-corrected chi connectivity index (χ2v) is 14.8. The van der Waals surface area contributed by atoms with Crippen molar-refractivity contribution in [3.05, 3.63) is 70.1 Å². The van der Waals surface area contributed by atoms with Crippen LogP contribution in [-0.4, -0.2) is 13.1 Å². The molecule has 0 radical (unpaired) electrons. The Morgan fingerprint density at radius 2 is 1.46 bits per heavy atom. The lowest BCUT2D eigenvalue weighted by Crippen LogP contribution is -2.65. The summed E-state index contributed by atoms with van der Waals surface area (Å²) in [4.78, 5) is 12.2. The van der Waals surface area contributed by atoms with Gasteiger partial charge in [-0.05, 0) is 78.4 Å². The SMILES string of the molecule is CC(C)(CCC1(C=C(Br)Br)CC1)[Si](O)(c1ccccc1)c1ccccc1. The maximum absolute atomic E-state index is 12.2. The zero-order valence-electron chi connectivity index (χ0n) is 15.4. The molecule has 0 aliphatic heterocycles. The standard InChI is InChI=1S/C22H26Br2OSi/c1-21(2,13-14-22(15-16-22)17-20(23)24)26(25,18-9-5-3-6-10-18)19-11-7-4-8-12-19/h3-12,17,25H,13-16H2,1-2H3. The Morgan fingerprint density at radius 3 is 1.85 bits per heavy atom. The molecule has 26 heavy (non-hydrogen) atoms. The van der Waals surface area contributed by atoms with Gasteiger partial charge in [0.2, 0.25) is 0 Å². The van der Waals surface area contributed by atoms with Crippen molar-refractivity contribution in [3.8, 4) is 0 Å². The van der Waals surface area contributed by atoms with Crippen LogP contribution in [0, 0.1) is 5.41 Å². The van der Waals surface area contributed by atoms with E-state index in [1.165, 1.54) is 12.8 Å². The molecule has 0 unspecified atom stereocenters. The van der Waals surface area contributed by atoms with Gasteiger partial charge in [0.15, 0.2) is 0 Å². The van der Waals surface area contributed by atoms with E-state index in [1.54, 1.807) is 0 Å². The van der Waals surface area contributed by atoms with Crippen LogP contribution in [0.25, 0.3) is 0 Å². The van der Waals surface area contributed by atoms with Crippen LogP contribution in [0.1, 0.15) is 39.5 Å². The second kappa shape index (κ2) is 7.74. The summed E-state index contributed by atoms with van der Waals surface area (Å²) in [6.45, 7) is 4.50. The summed E-state index contributed by atoms with van der Waals surface area (Å²) >= 11 is 7.04. The zero-order valence-corrected chi connectivity index (χ0v) is 19.6. The van der Waals surface area contributed by atoms with Crippen LogP contribution in [0.5, 0.6) is 0 Å². The Kier molecular flexibility index (Phi) is 5.98. The van der Waals surface area contributed by atoms with E-state index in [0.717, 1.165) is 26.6 Å². The highest BCUT2D eigenvalue weighted by Gasteiger charge is 2.51. The third kappa shape index (κ3) is 4.09. The summed E-state index contributed by atoms with van der Waals surface area (Å²) in [6, 6.07) is 20.6. The normalized spacial score (nSPS) is 16.2. The average molecular weight is 494 g/mol. The van der Waals surface area contributed by atoms with Crippen LogP contribution >= 0.6 is 31.9 Å². The number of halogens is 2. The molecule has 2 aromatic rings. The predicted octanol–water partition coefficient (Wildman–Crippen LogP) is 5.71. The summed E-state index contributed by atoms with van der Waals surface area (Å²) in [5.74, 6) is 0. The number of allylic oxidation sites excluding steroid dienone is 1. The quantitative estimate of drug-likeness (QED) is 0.489. The van der Waals surface area contributed by atoms with Gasteiger partial charge in [-0.25, -0.2) is 0 Å². The molecule has 0 bridgehead atoms. The van der Waals surface area contributed by atoms with E-state index in [2.05, 4.69) is 76.0 Å². The molecule has 2 aromatic carbocycles. The van der Waals surface area contributed by atoms with Gasteiger partial charge in [-0.1, -0.05) is 80.6 Å². The predicted molar refractivity (Wildman–Crippen MR) is 121 cm³/mol. The highest BCUT2D eigenvalue weighted by Crippen LogP contribution is 2.55. The number of hydrogen-bond donors (Lipinski definition) is 1. The van der Waals surface area contributed by atoms with E-state index in [9.17, 15) is 4.80 Å². The fraction of sp³-hybridized carbons (Fsp3) is 0.364. The minimum Gasteiger partial charge on any atom is -0.424 e. The monoisotopic (exact) mass is 492 g/mol. The fourth-order valence-corrected chi connectivity index (χ4v) is 8.61. The van der Waals surface area contributed by atoms with Crippen molar-refractivity contribution in [1.82, 2.24) is 0 Å². The molecule has 138 valence electrons. The average Bonchev–Trinajstić information content (AvgIpc) is 3.40. The van der Waals surface area contributed by atoms with Crippen LogP contribution in [0.3, 0.4) is 0 Å². The molecule has 0 heterocycles. The first-order valence-electron chi connectivity index (χ1n) is 9.16. The summed E-state index contributed by atoms with van der Waals surface area (Å²) in [5.41, 5.74) is 0.294. The van der Waals surface area contributed by atoms with E-state index in [-0.39, 0.29) is 5.04 Å². The summed E-state index contributed by atoms with van der Waals surface area (Å²) in [5, 5.41) is 2.02. The topological polar surface area (TPSA) is 20.2 Å². The molecule has 1 fully saturated rings.